The number of nitrogens with one attached hydrogen (secondary N) is 1. The van der Waals surface area contributed by atoms with Crippen LogP contribution in [0, 0.1) is 5.92 Å². The smallest absolute Gasteiger partial charge is 0.355 e. The van der Waals surface area contributed by atoms with E-state index in [4.69, 9.17) is 0 Å². The van der Waals surface area contributed by atoms with Crippen LogP contribution >= 0.6 is 0 Å². The minimum atomic E-state index is -4.66. The van der Waals surface area contributed by atoms with Crippen molar-refractivity contribution in [2.45, 2.75) is 31.9 Å². The van der Waals surface area contributed by atoms with Crippen molar-refractivity contribution in [3.05, 3.63) is 18.0 Å². The highest BCUT2D eigenvalue weighted by atomic mass is 19.4. The number of hydrogen-bond acceptors (Lipinski definition) is 5. The highest BCUT2D eigenvalue weighted by molar-refractivity contribution is 5.76. The first-order valence-electron chi connectivity index (χ1n) is 8.33. The third kappa shape index (κ3) is 4.61. The van der Waals surface area contributed by atoms with Crippen LogP contribution in [0.25, 0.3) is 5.65 Å². The molecule has 0 saturated carbocycles. The first-order chi connectivity index (χ1) is 12.7. The van der Waals surface area contributed by atoms with Crippen molar-refractivity contribution in [3.8, 4) is 0 Å². The van der Waals surface area contributed by atoms with Gasteiger partial charge in [-0.25, -0.2) is 8.78 Å². The second-order valence-electron chi connectivity index (χ2n) is 6.31. The standard InChI is InChI=1S/C15H17F5N6O/c16-10(17)8-21-13(27)7-9-3-5-25(6-4-9)12-2-1-11-22-23-14(15(18,19)20)26(11)24-12/h1-2,9-10H,3-8H2,(H,21,27). The molecule has 0 bridgehead atoms. The summed E-state index contributed by atoms with van der Waals surface area (Å²) in [6.45, 7) is 0.325. The molecule has 12 heteroatoms. The first-order valence-corrected chi connectivity index (χ1v) is 8.33. The lowest BCUT2D eigenvalue weighted by molar-refractivity contribution is -0.146. The van der Waals surface area contributed by atoms with Crippen molar-refractivity contribution in [2.24, 2.45) is 5.92 Å². The van der Waals surface area contributed by atoms with Crippen LogP contribution in [0.2, 0.25) is 0 Å². The molecule has 3 rings (SSSR count). The number of amides is 1. The number of halogens is 5. The summed E-state index contributed by atoms with van der Waals surface area (Å²) in [5.74, 6) is -1.23. The van der Waals surface area contributed by atoms with Gasteiger partial charge >= 0.3 is 6.18 Å². The van der Waals surface area contributed by atoms with Gasteiger partial charge in [0.05, 0.1) is 6.54 Å². The van der Waals surface area contributed by atoms with E-state index in [9.17, 15) is 26.7 Å². The average Bonchev–Trinajstić information content (AvgIpc) is 3.04. The van der Waals surface area contributed by atoms with Crippen molar-refractivity contribution in [1.82, 2.24) is 25.1 Å². The summed E-state index contributed by atoms with van der Waals surface area (Å²) in [4.78, 5) is 13.4. The maximum atomic E-state index is 12.9. The largest absolute Gasteiger partial charge is 0.453 e. The number of carbonyl (C=O) groups excluding carboxylic acids is 1. The molecule has 1 saturated heterocycles. The Balaban J connectivity index is 1.62. The minimum absolute atomic E-state index is 0.00309. The molecule has 0 atom stereocenters. The summed E-state index contributed by atoms with van der Waals surface area (Å²) < 4.78 is 63.7. The molecule has 0 aliphatic carbocycles. The van der Waals surface area contributed by atoms with Gasteiger partial charge in [0.15, 0.2) is 5.65 Å². The monoisotopic (exact) mass is 392 g/mol. The second-order valence-corrected chi connectivity index (χ2v) is 6.31. The molecule has 0 unspecified atom stereocenters. The second kappa shape index (κ2) is 7.61. The van der Waals surface area contributed by atoms with Gasteiger partial charge in [-0.15, -0.1) is 15.3 Å². The van der Waals surface area contributed by atoms with Gasteiger partial charge in [-0.1, -0.05) is 0 Å². The number of fused-ring (bicyclic) bond motifs is 1. The van der Waals surface area contributed by atoms with Crippen molar-refractivity contribution in [1.29, 1.82) is 0 Å². The van der Waals surface area contributed by atoms with E-state index >= 15 is 0 Å². The Kier molecular flexibility index (Phi) is 5.42. The molecule has 0 spiro atoms. The molecule has 0 aromatic carbocycles. The number of piperidine rings is 1. The Bertz CT molecular complexity index is 800. The van der Waals surface area contributed by atoms with Gasteiger partial charge in [0, 0.05) is 19.5 Å². The van der Waals surface area contributed by atoms with Gasteiger partial charge in [-0.3, -0.25) is 4.79 Å². The zero-order valence-corrected chi connectivity index (χ0v) is 14.1. The molecule has 1 aliphatic heterocycles. The van der Waals surface area contributed by atoms with Gasteiger partial charge in [0.1, 0.15) is 5.82 Å². The van der Waals surface area contributed by atoms with Crippen LogP contribution in [0.4, 0.5) is 27.8 Å². The quantitative estimate of drug-likeness (QED) is 0.789. The van der Waals surface area contributed by atoms with Crippen LogP contribution in [0.5, 0.6) is 0 Å². The van der Waals surface area contributed by atoms with Crippen LogP contribution in [-0.4, -0.2) is 51.8 Å². The third-order valence-corrected chi connectivity index (χ3v) is 4.37. The molecular formula is C15H17F5N6O. The summed E-state index contributed by atoms with van der Waals surface area (Å²) in [6, 6.07) is 2.98. The SMILES string of the molecule is O=C(CC1CCN(c2ccc3nnc(C(F)(F)F)n3n2)CC1)NCC(F)F. The zero-order valence-electron chi connectivity index (χ0n) is 14.1. The van der Waals surface area contributed by atoms with Crippen molar-refractivity contribution < 1.29 is 26.7 Å². The fourth-order valence-corrected chi connectivity index (χ4v) is 3.02. The Morgan fingerprint density at radius 3 is 2.56 bits per heavy atom. The Morgan fingerprint density at radius 2 is 1.93 bits per heavy atom. The molecule has 3 heterocycles. The number of aromatic nitrogens is 4. The van der Waals surface area contributed by atoms with Crippen molar-refractivity contribution >= 4 is 17.4 Å². The average molecular weight is 392 g/mol. The lowest BCUT2D eigenvalue weighted by atomic mass is 9.93. The van der Waals surface area contributed by atoms with E-state index in [0.717, 1.165) is 0 Å². The van der Waals surface area contributed by atoms with Crippen molar-refractivity contribution in [3.63, 3.8) is 0 Å². The van der Waals surface area contributed by atoms with E-state index in [1.807, 2.05) is 4.90 Å². The van der Waals surface area contributed by atoms with Crippen LogP contribution in [0.15, 0.2) is 12.1 Å². The summed E-state index contributed by atoms with van der Waals surface area (Å²) in [5.41, 5.74) is -0.00309. The van der Waals surface area contributed by atoms with E-state index in [0.29, 0.717) is 36.3 Å². The molecule has 2 aromatic rings. The predicted octanol–water partition coefficient (Wildman–Crippen LogP) is 2.13. The molecule has 2 aromatic heterocycles. The number of nitrogens with zero attached hydrogens (tertiary/aromatic N) is 5. The molecule has 1 fully saturated rings. The molecule has 0 radical (unpaired) electrons. The lowest BCUT2D eigenvalue weighted by Crippen LogP contribution is -2.37. The number of alkyl halides is 5. The van der Waals surface area contributed by atoms with Crippen LogP contribution in [0.3, 0.4) is 0 Å². The van der Waals surface area contributed by atoms with Crippen molar-refractivity contribution in [2.75, 3.05) is 24.5 Å². The topological polar surface area (TPSA) is 75.4 Å². The lowest BCUT2D eigenvalue weighted by Gasteiger charge is -2.32. The Hall–Kier alpha value is -2.53. The van der Waals surface area contributed by atoms with E-state index < -0.39 is 30.9 Å². The maximum Gasteiger partial charge on any atom is 0.453 e. The minimum Gasteiger partial charge on any atom is -0.355 e. The van der Waals surface area contributed by atoms with Gasteiger partial charge < -0.3 is 10.2 Å². The fraction of sp³-hybridized carbons (Fsp3) is 0.600. The third-order valence-electron chi connectivity index (χ3n) is 4.37. The molecule has 27 heavy (non-hydrogen) atoms. The van der Waals surface area contributed by atoms with E-state index in [1.165, 1.54) is 6.07 Å². The zero-order chi connectivity index (χ0) is 19.6. The molecule has 1 aliphatic rings. The van der Waals surface area contributed by atoms with Gasteiger partial charge in [-0.05, 0) is 30.9 Å². The summed E-state index contributed by atoms with van der Waals surface area (Å²) in [6.07, 6.45) is -5.89. The van der Waals surface area contributed by atoms with Gasteiger partial charge in [0.25, 0.3) is 12.2 Å². The Morgan fingerprint density at radius 1 is 1.22 bits per heavy atom. The molecule has 1 N–H and O–H groups in total. The van der Waals surface area contributed by atoms with Crippen LogP contribution in [-0.2, 0) is 11.0 Å². The number of hydrogen-bond donors (Lipinski definition) is 1. The summed E-state index contributed by atoms with van der Waals surface area (Å²) >= 11 is 0. The molecule has 148 valence electrons. The van der Waals surface area contributed by atoms with E-state index in [-0.39, 0.29) is 18.0 Å². The van der Waals surface area contributed by atoms with Crippen LogP contribution in [0.1, 0.15) is 25.1 Å². The molecule has 7 nitrogen and oxygen atoms in total. The van der Waals surface area contributed by atoms with Gasteiger partial charge in [-0.2, -0.15) is 17.7 Å². The van der Waals surface area contributed by atoms with E-state index in [1.54, 1.807) is 6.07 Å². The van der Waals surface area contributed by atoms with E-state index in [2.05, 4.69) is 20.6 Å². The summed E-state index contributed by atoms with van der Waals surface area (Å²) in [5, 5.41) is 12.8. The molecular weight excluding hydrogens is 375 g/mol. The normalized spacial score (nSPS) is 16.3. The fourth-order valence-electron chi connectivity index (χ4n) is 3.02. The highest BCUT2D eigenvalue weighted by Crippen LogP contribution is 2.29. The highest BCUT2D eigenvalue weighted by Gasteiger charge is 2.38. The number of anilines is 1. The summed E-state index contributed by atoms with van der Waals surface area (Å²) in [7, 11) is 0. The van der Waals surface area contributed by atoms with Gasteiger partial charge in [0.2, 0.25) is 5.91 Å². The maximum absolute atomic E-state index is 12.9. The first kappa shape index (κ1) is 19.2. The number of rotatable bonds is 5. The predicted molar refractivity (Wildman–Crippen MR) is 84.4 cm³/mol. The number of carbonyl (C=O) groups is 1. The molecule has 1 amide bonds. The van der Waals surface area contributed by atoms with Crippen LogP contribution < -0.4 is 10.2 Å². The Labute approximate surface area is 150 Å².